The van der Waals surface area contributed by atoms with E-state index in [1.54, 1.807) is 6.07 Å². The highest BCUT2D eigenvalue weighted by atomic mass is 19.4. The van der Waals surface area contributed by atoms with Crippen molar-refractivity contribution < 1.29 is 22.8 Å². The van der Waals surface area contributed by atoms with Gasteiger partial charge in [-0.25, -0.2) is 0 Å². The molecular formula is C23H21F3N4O2. The number of hydrogen-bond acceptors (Lipinski definition) is 3. The van der Waals surface area contributed by atoms with Crippen LogP contribution in [0.2, 0.25) is 0 Å². The lowest BCUT2D eigenvalue weighted by Gasteiger charge is -2.27. The van der Waals surface area contributed by atoms with Gasteiger partial charge in [0.05, 0.1) is 18.2 Å². The molecular weight excluding hydrogens is 421 g/mol. The number of fused-ring (bicyclic) bond motifs is 1. The molecule has 0 unspecified atom stereocenters. The summed E-state index contributed by atoms with van der Waals surface area (Å²) in [5.74, 6) is -0.781. The molecule has 6 nitrogen and oxygen atoms in total. The minimum atomic E-state index is -4.44. The summed E-state index contributed by atoms with van der Waals surface area (Å²) < 4.78 is 40.4. The van der Waals surface area contributed by atoms with E-state index in [1.807, 2.05) is 37.3 Å². The first-order valence-electron chi connectivity index (χ1n) is 10.1. The number of nitrogens with one attached hydrogen (secondary N) is 1. The number of aromatic nitrogens is 2. The molecule has 2 aromatic carbocycles. The van der Waals surface area contributed by atoms with Crippen LogP contribution in [0.25, 0.3) is 0 Å². The largest absolute Gasteiger partial charge is 0.416 e. The van der Waals surface area contributed by atoms with Crippen molar-refractivity contribution in [2.75, 3.05) is 6.54 Å². The number of carbonyl (C=O) groups excluding carboxylic acids is 2. The van der Waals surface area contributed by atoms with Gasteiger partial charge in [-0.1, -0.05) is 42.5 Å². The van der Waals surface area contributed by atoms with Crippen molar-refractivity contribution in [3.05, 3.63) is 88.7 Å². The molecule has 0 fully saturated rings. The Morgan fingerprint density at radius 1 is 1.09 bits per heavy atom. The Morgan fingerprint density at radius 2 is 1.84 bits per heavy atom. The van der Waals surface area contributed by atoms with Gasteiger partial charge in [-0.2, -0.15) is 18.3 Å². The van der Waals surface area contributed by atoms with E-state index in [0.29, 0.717) is 12.1 Å². The van der Waals surface area contributed by atoms with Gasteiger partial charge in [0.2, 0.25) is 0 Å². The molecule has 0 saturated carbocycles. The molecule has 1 N–H and O–H groups in total. The zero-order chi connectivity index (χ0) is 22.9. The average Bonchev–Trinajstić information content (AvgIpc) is 3.21. The number of amides is 2. The van der Waals surface area contributed by atoms with E-state index in [4.69, 9.17) is 0 Å². The number of carbonyl (C=O) groups is 2. The summed E-state index contributed by atoms with van der Waals surface area (Å²) in [5.41, 5.74) is 0.928. The molecule has 3 aromatic rings. The fourth-order valence-electron chi connectivity index (χ4n) is 3.66. The molecule has 1 aliphatic heterocycles. The number of benzene rings is 2. The van der Waals surface area contributed by atoms with Crippen molar-refractivity contribution >= 4 is 11.8 Å². The maximum Gasteiger partial charge on any atom is 0.416 e. The number of alkyl halides is 3. The Hall–Kier alpha value is -3.62. The molecule has 1 aromatic heterocycles. The lowest BCUT2D eigenvalue weighted by molar-refractivity contribution is -0.137. The van der Waals surface area contributed by atoms with Gasteiger partial charge in [-0.3, -0.25) is 14.3 Å². The van der Waals surface area contributed by atoms with Crippen LogP contribution in [0, 0.1) is 0 Å². The Labute approximate surface area is 182 Å². The zero-order valence-electron chi connectivity index (χ0n) is 17.3. The van der Waals surface area contributed by atoms with Crippen LogP contribution in [0.5, 0.6) is 0 Å². The summed E-state index contributed by atoms with van der Waals surface area (Å²) in [6, 6.07) is 15.6. The maximum absolute atomic E-state index is 13.0. The van der Waals surface area contributed by atoms with Gasteiger partial charge < -0.3 is 10.2 Å². The van der Waals surface area contributed by atoms with E-state index in [2.05, 4.69) is 10.4 Å². The molecule has 4 rings (SSSR count). The van der Waals surface area contributed by atoms with Gasteiger partial charge in [0.15, 0.2) is 5.69 Å². The second kappa shape index (κ2) is 8.49. The topological polar surface area (TPSA) is 67.2 Å². The molecule has 1 atom stereocenters. The summed E-state index contributed by atoms with van der Waals surface area (Å²) in [7, 11) is 0. The smallest absolute Gasteiger partial charge is 0.344 e. The van der Waals surface area contributed by atoms with Crippen LogP contribution in [-0.2, 0) is 19.3 Å². The lowest BCUT2D eigenvalue weighted by atomic mass is 10.1. The highest BCUT2D eigenvalue weighted by Gasteiger charge is 2.32. The first-order valence-corrected chi connectivity index (χ1v) is 10.1. The summed E-state index contributed by atoms with van der Waals surface area (Å²) in [5, 5.41) is 7.11. The van der Waals surface area contributed by atoms with Crippen LogP contribution < -0.4 is 5.32 Å². The monoisotopic (exact) mass is 442 g/mol. The minimum absolute atomic E-state index is 0.0422. The standard InChI is InChI=1S/C23H21F3N4O2/c1-15(17-7-3-2-4-8-17)27-21(31)19-13-20-22(32)29(10-11-30(20)28-19)14-16-6-5-9-18(12-16)23(24,25)26/h2-9,12-13,15H,10-11,14H2,1H3,(H,27,31)/t15-/m0/s1. The third-order valence-electron chi connectivity index (χ3n) is 5.38. The summed E-state index contributed by atoms with van der Waals surface area (Å²) >= 11 is 0. The van der Waals surface area contributed by atoms with Crippen molar-refractivity contribution in [1.82, 2.24) is 20.0 Å². The Morgan fingerprint density at radius 3 is 2.56 bits per heavy atom. The Balaban J connectivity index is 1.47. The molecule has 0 saturated heterocycles. The summed E-state index contributed by atoms with van der Waals surface area (Å²) in [4.78, 5) is 27.0. The van der Waals surface area contributed by atoms with Crippen molar-refractivity contribution in [2.24, 2.45) is 0 Å². The van der Waals surface area contributed by atoms with Crippen LogP contribution in [0.4, 0.5) is 13.2 Å². The first kappa shape index (κ1) is 21.6. The normalized spacial score (nSPS) is 14.8. The fourth-order valence-corrected chi connectivity index (χ4v) is 3.66. The van der Waals surface area contributed by atoms with E-state index < -0.39 is 17.6 Å². The molecule has 2 amide bonds. The van der Waals surface area contributed by atoms with Crippen LogP contribution in [0.3, 0.4) is 0 Å². The van der Waals surface area contributed by atoms with Gasteiger partial charge in [-0.15, -0.1) is 0 Å². The molecule has 32 heavy (non-hydrogen) atoms. The molecule has 2 heterocycles. The van der Waals surface area contributed by atoms with Gasteiger partial charge in [0, 0.05) is 19.2 Å². The fraction of sp³-hybridized carbons (Fsp3) is 0.261. The van der Waals surface area contributed by atoms with Gasteiger partial charge in [-0.05, 0) is 30.2 Å². The Bertz CT molecular complexity index is 1140. The third kappa shape index (κ3) is 4.51. The van der Waals surface area contributed by atoms with Crippen molar-refractivity contribution in [3.63, 3.8) is 0 Å². The van der Waals surface area contributed by atoms with Crippen molar-refractivity contribution in [1.29, 1.82) is 0 Å². The van der Waals surface area contributed by atoms with Crippen LogP contribution in [-0.4, -0.2) is 33.0 Å². The molecule has 0 aliphatic carbocycles. The highest BCUT2D eigenvalue weighted by molar-refractivity contribution is 5.98. The molecule has 0 bridgehead atoms. The molecule has 1 aliphatic rings. The zero-order valence-corrected chi connectivity index (χ0v) is 17.3. The van der Waals surface area contributed by atoms with Gasteiger partial charge in [0.1, 0.15) is 5.69 Å². The number of rotatable bonds is 5. The quantitative estimate of drug-likeness (QED) is 0.648. The van der Waals surface area contributed by atoms with Gasteiger partial charge in [0.25, 0.3) is 11.8 Å². The third-order valence-corrected chi connectivity index (χ3v) is 5.38. The number of halogens is 3. The second-order valence-electron chi connectivity index (χ2n) is 7.67. The number of nitrogens with zero attached hydrogens (tertiary/aromatic N) is 3. The molecule has 166 valence electrons. The van der Waals surface area contributed by atoms with E-state index in [1.165, 1.54) is 21.7 Å². The van der Waals surface area contributed by atoms with Crippen molar-refractivity contribution in [3.8, 4) is 0 Å². The van der Waals surface area contributed by atoms with Crippen LogP contribution >= 0.6 is 0 Å². The first-order chi connectivity index (χ1) is 15.2. The summed E-state index contributed by atoms with van der Waals surface area (Å²) in [6.07, 6.45) is -4.44. The number of hydrogen-bond donors (Lipinski definition) is 1. The molecule has 9 heteroatoms. The van der Waals surface area contributed by atoms with E-state index in [-0.39, 0.29) is 36.4 Å². The predicted octanol–water partition coefficient (Wildman–Crippen LogP) is 4.05. The average molecular weight is 442 g/mol. The Kier molecular flexibility index (Phi) is 5.73. The maximum atomic E-state index is 13.0. The second-order valence-corrected chi connectivity index (χ2v) is 7.67. The van der Waals surface area contributed by atoms with Crippen LogP contribution in [0.15, 0.2) is 60.7 Å². The van der Waals surface area contributed by atoms with E-state index >= 15 is 0 Å². The SMILES string of the molecule is C[C@H](NC(=O)c1cc2n(n1)CCN(Cc1cccc(C(F)(F)F)c1)C2=O)c1ccccc1. The van der Waals surface area contributed by atoms with Crippen molar-refractivity contribution in [2.45, 2.75) is 32.2 Å². The lowest BCUT2D eigenvalue weighted by Crippen LogP contribution is -2.39. The molecule has 0 spiro atoms. The molecule has 0 radical (unpaired) electrons. The summed E-state index contributed by atoms with van der Waals surface area (Å²) in [6.45, 7) is 2.53. The highest BCUT2D eigenvalue weighted by Crippen LogP contribution is 2.30. The van der Waals surface area contributed by atoms with E-state index in [0.717, 1.165) is 17.7 Å². The minimum Gasteiger partial charge on any atom is -0.344 e. The van der Waals surface area contributed by atoms with E-state index in [9.17, 15) is 22.8 Å². The van der Waals surface area contributed by atoms with Crippen LogP contribution in [0.1, 0.15) is 50.6 Å². The van der Waals surface area contributed by atoms with Gasteiger partial charge >= 0.3 is 6.18 Å². The predicted molar refractivity (Wildman–Crippen MR) is 111 cm³/mol.